The minimum Gasteiger partial charge on any atom is -0.323 e. The molecule has 0 fully saturated rings. The smallest absolute Gasteiger partial charge is 0.248 e. The predicted molar refractivity (Wildman–Crippen MR) is 84.6 cm³/mol. The zero-order valence-electron chi connectivity index (χ0n) is 11.8. The van der Waals surface area contributed by atoms with Crippen molar-refractivity contribution in [2.45, 2.75) is 13.3 Å². The predicted octanol–water partition coefficient (Wildman–Crippen LogP) is 3.71. The maximum absolute atomic E-state index is 11.8. The van der Waals surface area contributed by atoms with Gasteiger partial charge in [0, 0.05) is 11.8 Å². The number of nitrogens with zero attached hydrogens (tertiary/aromatic N) is 1. The summed E-state index contributed by atoms with van der Waals surface area (Å²) in [4.78, 5) is 11.8. The summed E-state index contributed by atoms with van der Waals surface area (Å²) in [6, 6.07) is 17.3. The molecule has 2 rings (SSSR count). The molecule has 0 unspecified atom stereocenters. The normalized spacial score (nSPS) is 10.3. The van der Waals surface area contributed by atoms with Crippen LogP contribution in [-0.4, -0.2) is 5.91 Å². The fourth-order valence-electron chi connectivity index (χ4n) is 1.83. The average Bonchev–Trinajstić information content (AvgIpc) is 2.49. The molecule has 0 atom stereocenters. The number of benzene rings is 2. The molecular formula is C18H16N2O. The molecule has 2 aromatic carbocycles. The maximum atomic E-state index is 11.8. The van der Waals surface area contributed by atoms with E-state index in [1.165, 1.54) is 11.6 Å². The fourth-order valence-corrected chi connectivity index (χ4v) is 1.83. The van der Waals surface area contributed by atoms with Crippen molar-refractivity contribution in [3.8, 4) is 6.07 Å². The number of nitriles is 1. The number of carbonyl (C=O) groups is 1. The number of hydrogen-bond donors (Lipinski definition) is 1. The summed E-state index contributed by atoms with van der Waals surface area (Å²) in [5.41, 5.74) is 3.83. The monoisotopic (exact) mass is 276 g/mol. The highest BCUT2D eigenvalue weighted by Gasteiger charge is 1.98. The highest BCUT2D eigenvalue weighted by molar-refractivity contribution is 6.01. The Morgan fingerprint density at radius 1 is 1.14 bits per heavy atom. The maximum Gasteiger partial charge on any atom is 0.248 e. The molecule has 3 nitrogen and oxygen atoms in total. The third-order valence-electron chi connectivity index (χ3n) is 3.01. The van der Waals surface area contributed by atoms with Crippen LogP contribution in [0.5, 0.6) is 0 Å². The van der Waals surface area contributed by atoms with E-state index >= 15 is 0 Å². The lowest BCUT2D eigenvalue weighted by atomic mass is 10.1. The van der Waals surface area contributed by atoms with Crippen LogP contribution in [0.3, 0.4) is 0 Å². The van der Waals surface area contributed by atoms with Gasteiger partial charge in [0.1, 0.15) is 0 Å². The van der Waals surface area contributed by atoms with Crippen molar-refractivity contribution in [2.75, 3.05) is 5.32 Å². The Morgan fingerprint density at radius 2 is 1.81 bits per heavy atom. The number of anilines is 1. The van der Waals surface area contributed by atoms with Crippen molar-refractivity contribution in [1.82, 2.24) is 0 Å². The molecule has 104 valence electrons. The first kappa shape index (κ1) is 14.5. The van der Waals surface area contributed by atoms with Gasteiger partial charge in [-0.15, -0.1) is 0 Å². The molecule has 21 heavy (non-hydrogen) atoms. The van der Waals surface area contributed by atoms with Gasteiger partial charge in [-0.1, -0.05) is 42.0 Å². The van der Waals surface area contributed by atoms with E-state index in [0.29, 0.717) is 6.42 Å². The molecule has 3 heteroatoms. The van der Waals surface area contributed by atoms with Gasteiger partial charge >= 0.3 is 0 Å². The largest absolute Gasteiger partial charge is 0.323 e. The van der Waals surface area contributed by atoms with E-state index in [-0.39, 0.29) is 5.91 Å². The number of rotatable bonds is 4. The Morgan fingerprint density at radius 3 is 2.43 bits per heavy atom. The van der Waals surface area contributed by atoms with E-state index in [1.807, 2.05) is 43.3 Å². The molecule has 2 aromatic rings. The number of carbonyl (C=O) groups excluding carboxylic acids is 1. The Bertz CT molecular complexity index is 677. The Labute approximate surface area is 124 Å². The summed E-state index contributed by atoms with van der Waals surface area (Å²) in [7, 11) is 0. The molecule has 0 saturated heterocycles. The highest BCUT2D eigenvalue weighted by Crippen LogP contribution is 2.10. The van der Waals surface area contributed by atoms with E-state index in [1.54, 1.807) is 18.2 Å². The fraction of sp³-hybridized carbons (Fsp3) is 0.111. The summed E-state index contributed by atoms with van der Waals surface area (Å²) < 4.78 is 0. The highest BCUT2D eigenvalue weighted by atomic mass is 16.1. The molecule has 0 aliphatic heterocycles. The molecule has 0 heterocycles. The second-order valence-electron chi connectivity index (χ2n) is 4.77. The van der Waals surface area contributed by atoms with E-state index in [4.69, 9.17) is 5.26 Å². The van der Waals surface area contributed by atoms with E-state index < -0.39 is 0 Å². The van der Waals surface area contributed by atoms with Crippen LogP contribution in [0.25, 0.3) is 6.08 Å². The third kappa shape index (κ3) is 4.63. The summed E-state index contributed by atoms with van der Waals surface area (Å²) in [6.45, 7) is 2.02. The molecular weight excluding hydrogens is 260 g/mol. The molecule has 1 amide bonds. The van der Waals surface area contributed by atoms with Crippen molar-refractivity contribution < 1.29 is 4.79 Å². The Hall–Kier alpha value is -2.86. The number of hydrogen-bond acceptors (Lipinski definition) is 2. The average molecular weight is 276 g/mol. The van der Waals surface area contributed by atoms with Gasteiger partial charge in [-0.05, 0) is 36.3 Å². The van der Waals surface area contributed by atoms with Gasteiger partial charge in [0.25, 0.3) is 0 Å². The second-order valence-corrected chi connectivity index (χ2v) is 4.77. The van der Waals surface area contributed by atoms with Gasteiger partial charge in [0.05, 0.1) is 12.5 Å². The van der Waals surface area contributed by atoms with Crippen LogP contribution in [0.2, 0.25) is 0 Å². The Balaban J connectivity index is 1.95. The number of amides is 1. The first-order valence-corrected chi connectivity index (χ1v) is 6.69. The molecule has 0 saturated carbocycles. The van der Waals surface area contributed by atoms with Crippen molar-refractivity contribution in [1.29, 1.82) is 5.26 Å². The lowest BCUT2D eigenvalue weighted by Crippen LogP contribution is -2.07. The van der Waals surface area contributed by atoms with Gasteiger partial charge in [-0.3, -0.25) is 4.79 Å². The molecule has 0 spiro atoms. The zero-order chi connectivity index (χ0) is 15.1. The van der Waals surface area contributed by atoms with Crippen molar-refractivity contribution in [2.24, 2.45) is 0 Å². The third-order valence-corrected chi connectivity index (χ3v) is 3.01. The van der Waals surface area contributed by atoms with Crippen LogP contribution in [0.1, 0.15) is 16.7 Å². The summed E-state index contributed by atoms with van der Waals surface area (Å²) in [5, 5.41) is 11.4. The lowest BCUT2D eigenvalue weighted by molar-refractivity contribution is -0.111. The molecule has 0 radical (unpaired) electrons. The van der Waals surface area contributed by atoms with Crippen LogP contribution < -0.4 is 5.32 Å². The van der Waals surface area contributed by atoms with Crippen molar-refractivity contribution in [3.63, 3.8) is 0 Å². The zero-order valence-corrected chi connectivity index (χ0v) is 11.8. The molecule has 0 aliphatic carbocycles. The van der Waals surface area contributed by atoms with Gasteiger partial charge < -0.3 is 5.32 Å². The van der Waals surface area contributed by atoms with Gasteiger partial charge in [-0.2, -0.15) is 5.26 Å². The number of aryl methyl sites for hydroxylation is 1. The molecule has 0 bridgehead atoms. The SMILES string of the molecule is Cc1ccc(C=CC(=O)Nc2ccc(CC#N)cc2)cc1. The van der Waals surface area contributed by atoms with Crippen molar-refractivity contribution >= 4 is 17.7 Å². The van der Waals surface area contributed by atoms with Crippen molar-refractivity contribution in [3.05, 3.63) is 71.3 Å². The summed E-state index contributed by atoms with van der Waals surface area (Å²) in [5.74, 6) is -0.177. The second kappa shape index (κ2) is 7.06. The van der Waals surface area contributed by atoms with Crippen LogP contribution in [0.4, 0.5) is 5.69 Å². The minimum atomic E-state index is -0.177. The van der Waals surface area contributed by atoms with Gasteiger partial charge in [0.2, 0.25) is 5.91 Å². The standard InChI is InChI=1S/C18H16N2O/c1-14-2-4-15(5-3-14)8-11-18(21)20-17-9-6-16(7-10-17)12-13-19/h2-11H,12H2,1H3,(H,20,21). The Kier molecular flexibility index (Phi) is 4.89. The summed E-state index contributed by atoms with van der Waals surface area (Å²) in [6.07, 6.45) is 3.66. The first-order valence-electron chi connectivity index (χ1n) is 6.69. The molecule has 1 N–H and O–H groups in total. The van der Waals surface area contributed by atoms with Crippen LogP contribution in [0, 0.1) is 18.3 Å². The van der Waals surface area contributed by atoms with Crippen LogP contribution >= 0.6 is 0 Å². The van der Waals surface area contributed by atoms with E-state index in [2.05, 4.69) is 11.4 Å². The van der Waals surface area contributed by atoms with Gasteiger partial charge in [-0.25, -0.2) is 0 Å². The first-order chi connectivity index (χ1) is 10.2. The summed E-state index contributed by atoms with van der Waals surface area (Å²) >= 11 is 0. The van der Waals surface area contributed by atoms with Crippen LogP contribution in [-0.2, 0) is 11.2 Å². The minimum absolute atomic E-state index is 0.177. The van der Waals surface area contributed by atoms with E-state index in [9.17, 15) is 4.79 Å². The van der Waals surface area contributed by atoms with Gasteiger partial charge in [0.15, 0.2) is 0 Å². The topological polar surface area (TPSA) is 52.9 Å². The van der Waals surface area contributed by atoms with E-state index in [0.717, 1.165) is 16.8 Å². The lowest BCUT2D eigenvalue weighted by Gasteiger charge is -2.02. The van der Waals surface area contributed by atoms with Crippen LogP contribution in [0.15, 0.2) is 54.6 Å². The number of nitrogens with one attached hydrogen (secondary N) is 1. The molecule has 0 aliphatic rings. The quantitative estimate of drug-likeness (QED) is 0.865. The molecule has 0 aromatic heterocycles.